The fraction of sp³-hybridized carbons (Fsp3) is 0.619. The van der Waals surface area contributed by atoms with E-state index in [4.69, 9.17) is 10.5 Å². The minimum atomic E-state index is -0.879. The van der Waals surface area contributed by atoms with Crippen molar-refractivity contribution in [3.05, 3.63) is 36.1 Å². The number of primary amides is 1. The number of nitrogens with one attached hydrogen (secondary N) is 1. The van der Waals surface area contributed by atoms with Crippen molar-refractivity contribution in [3.63, 3.8) is 0 Å². The van der Waals surface area contributed by atoms with Crippen molar-refractivity contribution < 1.29 is 19.4 Å². The van der Waals surface area contributed by atoms with E-state index in [0.29, 0.717) is 0 Å². The molecule has 1 unspecified atom stereocenters. The largest absolute Gasteiger partial charge is 0.508 e. The molecule has 27 heavy (non-hydrogen) atoms. The van der Waals surface area contributed by atoms with Gasteiger partial charge in [0.15, 0.2) is 0 Å². The molecule has 0 aliphatic carbocycles. The molecule has 0 aromatic rings. The van der Waals surface area contributed by atoms with Gasteiger partial charge in [0.2, 0.25) is 5.91 Å². The van der Waals surface area contributed by atoms with Crippen LogP contribution in [0.1, 0.15) is 75.7 Å². The first-order valence-electron chi connectivity index (χ1n) is 9.53. The van der Waals surface area contributed by atoms with Crippen LogP contribution >= 0.6 is 0 Å². The molecular formula is C21H42N2O4. The van der Waals surface area contributed by atoms with Crippen LogP contribution in [-0.2, 0) is 9.53 Å². The number of hydrogen-bond acceptors (Lipinski definition) is 4. The molecule has 0 aromatic heterocycles. The van der Waals surface area contributed by atoms with Crippen molar-refractivity contribution in [1.29, 1.82) is 0 Å². The maximum Gasteiger partial charge on any atom is 0.408 e. The smallest absolute Gasteiger partial charge is 0.408 e. The van der Waals surface area contributed by atoms with Gasteiger partial charge in [0.1, 0.15) is 17.4 Å². The molecule has 0 heterocycles. The number of ether oxygens (including phenoxy) is 1. The van der Waals surface area contributed by atoms with E-state index in [1.807, 2.05) is 41.5 Å². The van der Waals surface area contributed by atoms with Gasteiger partial charge >= 0.3 is 6.09 Å². The molecule has 4 N–H and O–H groups in total. The summed E-state index contributed by atoms with van der Waals surface area (Å²) >= 11 is 0. The van der Waals surface area contributed by atoms with Gasteiger partial charge in [-0.3, -0.25) is 4.79 Å². The Morgan fingerprint density at radius 2 is 1.56 bits per heavy atom. The number of aliphatic hydroxyl groups is 1. The summed E-state index contributed by atoms with van der Waals surface area (Å²) < 4.78 is 5.07. The van der Waals surface area contributed by atoms with Crippen LogP contribution in [0.15, 0.2) is 36.1 Å². The third-order valence-electron chi connectivity index (χ3n) is 2.31. The summed E-state index contributed by atoms with van der Waals surface area (Å²) in [6.07, 6.45) is 3.85. The predicted molar refractivity (Wildman–Crippen MR) is 116 cm³/mol. The lowest BCUT2D eigenvalue weighted by atomic mass is 10.1. The summed E-state index contributed by atoms with van der Waals surface area (Å²) in [5.74, 6) is -0.657. The third kappa shape index (κ3) is 23.8. The van der Waals surface area contributed by atoms with Crippen LogP contribution in [0.3, 0.4) is 0 Å². The first-order valence-corrected chi connectivity index (χ1v) is 9.53. The number of aliphatic hydroxyl groups excluding tert-OH is 1. The number of carbonyl (C=O) groups excluding carboxylic acids is 2. The molecule has 0 fully saturated rings. The lowest BCUT2D eigenvalue weighted by molar-refractivity contribution is -0.120. The van der Waals surface area contributed by atoms with E-state index in [1.54, 1.807) is 33.8 Å². The van der Waals surface area contributed by atoms with E-state index < -0.39 is 23.6 Å². The van der Waals surface area contributed by atoms with Crippen LogP contribution in [0.2, 0.25) is 0 Å². The average molecular weight is 387 g/mol. The predicted octanol–water partition coefficient (Wildman–Crippen LogP) is 5.41. The van der Waals surface area contributed by atoms with E-state index in [9.17, 15) is 14.7 Å². The molecule has 0 rings (SSSR count). The monoisotopic (exact) mass is 386 g/mol. The van der Waals surface area contributed by atoms with Crippen molar-refractivity contribution in [2.75, 3.05) is 0 Å². The third-order valence-corrected chi connectivity index (χ3v) is 2.31. The van der Waals surface area contributed by atoms with Crippen LogP contribution in [0.5, 0.6) is 0 Å². The van der Waals surface area contributed by atoms with E-state index >= 15 is 0 Å². The lowest BCUT2D eigenvalue weighted by Crippen LogP contribution is -2.46. The number of amides is 2. The zero-order valence-corrected chi connectivity index (χ0v) is 19.0. The second-order valence-corrected chi connectivity index (χ2v) is 5.61. The average Bonchev–Trinajstić information content (AvgIpc) is 2.62. The Bertz CT molecular complexity index is 461. The van der Waals surface area contributed by atoms with Crippen molar-refractivity contribution in [2.24, 2.45) is 5.73 Å². The molecule has 0 saturated carbocycles. The molecule has 0 aliphatic rings. The normalized spacial score (nSPS) is 11.8. The van der Waals surface area contributed by atoms with E-state index in [-0.39, 0.29) is 12.2 Å². The quantitative estimate of drug-likeness (QED) is 0.419. The van der Waals surface area contributed by atoms with Gasteiger partial charge in [-0.15, -0.1) is 0 Å². The number of rotatable bonds is 6. The highest BCUT2D eigenvalue weighted by Crippen LogP contribution is 2.09. The van der Waals surface area contributed by atoms with Crippen molar-refractivity contribution in [3.8, 4) is 0 Å². The van der Waals surface area contributed by atoms with Crippen LogP contribution in [0.25, 0.3) is 0 Å². The van der Waals surface area contributed by atoms with Gasteiger partial charge in [0.25, 0.3) is 0 Å². The molecule has 0 aliphatic heterocycles. The van der Waals surface area contributed by atoms with E-state index in [2.05, 4.69) is 11.9 Å². The molecule has 0 radical (unpaired) electrons. The summed E-state index contributed by atoms with van der Waals surface area (Å²) in [5, 5.41) is 11.7. The molecule has 0 aromatic carbocycles. The first kappa shape index (κ1) is 32.4. The minimum absolute atomic E-state index is 0.00470. The van der Waals surface area contributed by atoms with Gasteiger partial charge < -0.3 is 20.9 Å². The maximum atomic E-state index is 11.6. The summed E-state index contributed by atoms with van der Waals surface area (Å²) in [6.45, 7) is 22.3. The second kappa shape index (κ2) is 20.1. The SMILES string of the molecule is C=C/C(O)=C\C=C(/C)CC(NC(=O)OC(C)(C)C)C(N)=O.CC.CC.CC. The Hall–Kier alpha value is -2.24. The molecule has 0 bridgehead atoms. The Morgan fingerprint density at radius 1 is 1.11 bits per heavy atom. The highest BCUT2D eigenvalue weighted by Gasteiger charge is 2.22. The number of nitrogens with two attached hydrogens (primary N) is 1. The number of allylic oxidation sites excluding steroid dienone is 3. The van der Waals surface area contributed by atoms with Crippen molar-refractivity contribution in [2.45, 2.75) is 87.3 Å². The minimum Gasteiger partial charge on any atom is -0.508 e. The standard InChI is InChI=1S/C15H24N2O4.3C2H6/c1-6-11(18)8-7-10(2)9-12(13(16)19)17-14(20)21-15(3,4)5;3*1-2/h6-8,12,18H,1,9H2,2-5H3,(H2,16,19)(H,17,20);3*1-2H3/b10-7+,11-8+;;;. The van der Waals surface area contributed by atoms with Gasteiger partial charge in [0.05, 0.1) is 0 Å². The zero-order chi connectivity index (χ0) is 22.6. The van der Waals surface area contributed by atoms with Gasteiger partial charge in [-0.25, -0.2) is 4.79 Å². The fourth-order valence-corrected chi connectivity index (χ4v) is 1.36. The van der Waals surface area contributed by atoms with Crippen molar-refractivity contribution in [1.82, 2.24) is 5.32 Å². The van der Waals surface area contributed by atoms with Gasteiger partial charge in [-0.2, -0.15) is 0 Å². The van der Waals surface area contributed by atoms with Crippen LogP contribution in [0, 0.1) is 0 Å². The summed E-state index contributed by atoms with van der Waals surface area (Å²) in [5.41, 5.74) is 5.36. The van der Waals surface area contributed by atoms with Gasteiger partial charge in [0, 0.05) is 0 Å². The number of hydrogen-bond donors (Lipinski definition) is 3. The second-order valence-electron chi connectivity index (χ2n) is 5.61. The van der Waals surface area contributed by atoms with Crippen molar-refractivity contribution >= 4 is 12.0 Å². The molecule has 0 spiro atoms. The van der Waals surface area contributed by atoms with Gasteiger partial charge in [-0.05, 0) is 46.3 Å². The Labute approximate surface area is 166 Å². The molecule has 6 nitrogen and oxygen atoms in total. The maximum absolute atomic E-state index is 11.6. The van der Waals surface area contributed by atoms with Crippen LogP contribution < -0.4 is 11.1 Å². The van der Waals surface area contributed by atoms with Crippen LogP contribution in [0.4, 0.5) is 4.79 Å². The molecule has 2 amide bonds. The highest BCUT2D eigenvalue weighted by atomic mass is 16.6. The number of carbonyl (C=O) groups is 2. The topological polar surface area (TPSA) is 102 Å². The number of alkyl carbamates (subject to hydrolysis) is 1. The zero-order valence-electron chi connectivity index (χ0n) is 19.0. The Balaban J connectivity index is -0.000000397. The Kier molecular flexibility index (Phi) is 24.1. The van der Waals surface area contributed by atoms with E-state index in [0.717, 1.165) is 5.57 Å². The summed E-state index contributed by atoms with van der Waals surface area (Å²) in [7, 11) is 0. The molecule has 1 atom stereocenters. The lowest BCUT2D eigenvalue weighted by Gasteiger charge is -2.22. The highest BCUT2D eigenvalue weighted by molar-refractivity contribution is 5.84. The van der Waals surface area contributed by atoms with Crippen LogP contribution in [-0.4, -0.2) is 28.7 Å². The first-order chi connectivity index (χ1) is 12.5. The Morgan fingerprint density at radius 3 is 1.89 bits per heavy atom. The summed E-state index contributed by atoms with van der Waals surface area (Å²) in [6, 6.07) is -0.879. The molecule has 160 valence electrons. The molecule has 0 saturated heterocycles. The van der Waals surface area contributed by atoms with Gasteiger partial charge in [-0.1, -0.05) is 59.8 Å². The fourth-order valence-electron chi connectivity index (χ4n) is 1.36. The molecular weight excluding hydrogens is 344 g/mol. The summed E-state index contributed by atoms with van der Waals surface area (Å²) in [4.78, 5) is 23.0. The van der Waals surface area contributed by atoms with E-state index in [1.165, 1.54) is 12.2 Å². The molecule has 6 heteroatoms.